The summed E-state index contributed by atoms with van der Waals surface area (Å²) in [5.41, 5.74) is 5.27. The summed E-state index contributed by atoms with van der Waals surface area (Å²) in [6, 6.07) is 19.3. The maximum atomic E-state index is 14.3. The number of hydrogen-bond donors (Lipinski definition) is 3. The minimum absolute atomic E-state index is 0.0264. The smallest absolute Gasteiger partial charge is 0.306 e. The van der Waals surface area contributed by atoms with Crippen molar-refractivity contribution >= 4 is 41.0 Å². The molecule has 3 aromatic rings. The summed E-state index contributed by atoms with van der Waals surface area (Å²) in [6.07, 6.45) is -0.708. The molecule has 3 N–H and O–H groups in total. The second-order valence-electron chi connectivity index (χ2n) is 11.7. The predicted molar refractivity (Wildman–Crippen MR) is 176 cm³/mol. The molecule has 0 aromatic heterocycles. The lowest BCUT2D eigenvalue weighted by molar-refractivity contribution is -0.155. The third-order valence-electron chi connectivity index (χ3n) is 7.08. The maximum Gasteiger partial charge on any atom is 0.306 e. The Bertz CT molecular complexity index is 1540. The number of nitrogens with one attached hydrogen (secondary N) is 2. The van der Waals surface area contributed by atoms with Crippen LogP contribution in [0.25, 0.3) is 0 Å². The molecule has 0 unspecified atom stereocenters. The van der Waals surface area contributed by atoms with E-state index in [1.807, 2.05) is 24.3 Å². The second-order valence-corrected chi connectivity index (χ2v) is 12.5. The molecule has 0 radical (unpaired) electrons. The largest absolute Gasteiger partial charge is 0.496 e. The maximum absolute atomic E-state index is 14.3. The molecule has 3 aromatic carbocycles. The third kappa shape index (κ3) is 8.91. The monoisotopic (exact) mass is 671 g/mol. The number of esters is 1. The van der Waals surface area contributed by atoms with E-state index in [0.717, 1.165) is 5.56 Å². The van der Waals surface area contributed by atoms with Gasteiger partial charge in [0, 0.05) is 52.7 Å². The zero-order valence-electron chi connectivity index (χ0n) is 26.3. The molecule has 0 fully saturated rings. The Balaban J connectivity index is 1.72. The normalized spacial score (nSPS) is 17.5. The SMILES string of the molecule is COc1ccccc1CNNC(=O)[C@@]1(CCC(=O)OC(C)(C)C)N=C(c2ccc(OCCCO)cc2)O[C@H]1c1ccc(Cl)cc1Cl. The number of carbonyl (C=O) groups is 2. The van der Waals surface area contributed by atoms with Gasteiger partial charge in [-0.25, -0.2) is 10.4 Å². The number of amides is 1. The summed E-state index contributed by atoms with van der Waals surface area (Å²) in [5, 5.41) is 9.73. The molecule has 1 aliphatic heterocycles. The fourth-order valence-corrected chi connectivity index (χ4v) is 5.43. The first-order valence-electron chi connectivity index (χ1n) is 14.9. The molecule has 1 aliphatic rings. The van der Waals surface area contributed by atoms with E-state index < -0.39 is 29.1 Å². The lowest BCUT2D eigenvalue weighted by Crippen LogP contribution is -2.52. The highest BCUT2D eigenvalue weighted by atomic mass is 35.5. The molecule has 12 heteroatoms. The zero-order chi connectivity index (χ0) is 33.3. The first kappa shape index (κ1) is 35.0. The minimum atomic E-state index is -1.65. The van der Waals surface area contributed by atoms with Crippen LogP contribution in [0, 0.1) is 0 Å². The van der Waals surface area contributed by atoms with E-state index in [-0.39, 0.29) is 36.9 Å². The van der Waals surface area contributed by atoms with E-state index in [2.05, 4.69) is 10.9 Å². The number of aliphatic imine (C=N–C) groups is 1. The van der Waals surface area contributed by atoms with E-state index in [4.69, 9.17) is 52.2 Å². The molecular weight excluding hydrogens is 633 g/mol. The molecule has 2 atom stereocenters. The highest BCUT2D eigenvalue weighted by molar-refractivity contribution is 6.35. The van der Waals surface area contributed by atoms with Crippen molar-refractivity contribution in [3.63, 3.8) is 0 Å². The molecular formula is C34H39Cl2N3O7. The molecule has 0 saturated carbocycles. The fourth-order valence-electron chi connectivity index (χ4n) is 4.92. The van der Waals surface area contributed by atoms with E-state index in [0.29, 0.717) is 40.7 Å². The van der Waals surface area contributed by atoms with Gasteiger partial charge in [-0.1, -0.05) is 47.5 Å². The number of para-hydroxylation sites is 1. The lowest BCUT2D eigenvalue weighted by atomic mass is 9.83. The Kier molecular flexibility index (Phi) is 11.9. The van der Waals surface area contributed by atoms with E-state index in [1.165, 1.54) is 0 Å². The summed E-state index contributed by atoms with van der Waals surface area (Å²) < 4.78 is 23.1. The first-order chi connectivity index (χ1) is 22.0. The van der Waals surface area contributed by atoms with Gasteiger partial charge in [0.05, 0.1) is 13.7 Å². The second kappa shape index (κ2) is 15.6. The van der Waals surface area contributed by atoms with Gasteiger partial charge in [0.25, 0.3) is 5.91 Å². The van der Waals surface area contributed by atoms with Gasteiger partial charge in [0.1, 0.15) is 17.1 Å². The van der Waals surface area contributed by atoms with Gasteiger partial charge < -0.3 is 24.1 Å². The third-order valence-corrected chi connectivity index (χ3v) is 7.64. The van der Waals surface area contributed by atoms with Crippen molar-refractivity contribution in [3.8, 4) is 11.5 Å². The number of nitrogens with zero attached hydrogens (tertiary/aromatic N) is 1. The molecule has 246 valence electrons. The van der Waals surface area contributed by atoms with Crippen LogP contribution in [0.15, 0.2) is 71.7 Å². The van der Waals surface area contributed by atoms with Gasteiger partial charge >= 0.3 is 5.97 Å². The Morgan fingerprint density at radius 1 is 1.07 bits per heavy atom. The number of aliphatic hydroxyl groups excluding tert-OH is 1. The van der Waals surface area contributed by atoms with Gasteiger partial charge in [-0.3, -0.25) is 15.0 Å². The number of aliphatic hydroxyl groups is 1. The molecule has 0 bridgehead atoms. The standard InChI is InChI=1S/C34H39Cl2N3O7/c1-33(2,3)46-29(41)16-17-34(32(42)39-37-21-23-8-5-6-9-28(23)43-4)30(26-15-12-24(35)20-27(26)36)45-31(38-34)22-10-13-25(14-11-22)44-19-7-18-40/h5-6,8-15,20,30,37,40H,7,16-19,21H2,1-4H3,(H,39,42)/t30-,34-/m0/s1. The van der Waals surface area contributed by atoms with Crippen molar-refractivity contribution in [2.24, 2.45) is 4.99 Å². The van der Waals surface area contributed by atoms with Crippen LogP contribution in [0.1, 0.15) is 62.8 Å². The van der Waals surface area contributed by atoms with Crippen LogP contribution in [-0.4, -0.2) is 54.3 Å². The Hall–Kier alpha value is -3.83. The zero-order valence-corrected chi connectivity index (χ0v) is 27.8. The summed E-state index contributed by atoms with van der Waals surface area (Å²) in [4.78, 5) is 32.1. The van der Waals surface area contributed by atoms with Gasteiger partial charge in [-0.15, -0.1) is 0 Å². The average Bonchev–Trinajstić information content (AvgIpc) is 3.40. The number of carbonyl (C=O) groups excluding carboxylic acids is 2. The number of methoxy groups -OCH3 is 1. The number of rotatable bonds is 14. The quantitative estimate of drug-likeness (QED) is 0.109. The van der Waals surface area contributed by atoms with Gasteiger partial charge in [0.15, 0.2) is 11.6 Å². The summed E-state index contributed by atoms with van der Waals surface area (Å²) in [5.74, 6) is 0.407. The Morgan fingerprint density at radius 3 is 2.48 bits per heavy atom. The van der Waals surface area contributed by atoms with Crippen molar-refractivity contribution in [2.75, 3.05) is 20.3 Å². The van der Waals surface area contributed by atoms with Crippen LogP contribution in [-0.2, 0) is 25.6 Å². The van der Waals surface area contributed by atoms with E-state index in [9.17, 15) is 9.59 Å². The molecule has 1 amide bonds. The van der Waals surface area contributed by atoms with Crippen molar-refractivity contribution in [2.45, 2.75) is 63.8 Å². The van der Waals surface area contributed by atoms with Crippen LogP contribution < -0.4 is 20.3 Å². The van der Waals surface area contributed by atoms with Crippen LogP contribution >= 0.6 is 23.2 Å². The molecule has 1 heterocycles. The average molecular weight is 673 g/mol. The molecule has 46 heavy (non-hydrogen) atoms. The first-order valence-corrected chi connectivity index (χ1v) is 15.6. The Labute approximate surface area is 279 Å². The molecule has 0 saturated heterocycles. The van der Waals surface area contributed by atoms with Crippen LogP contribution in [0.5, 0.6) is 11.5 Å². The predicted octanol–water partition coefficient (Wildman–Crippen LogP) is 5.96. The summed E-state index contributed by atoms with van der Waals surface area (Å²) in [6.45, 7) is 5.96. The molecule has 0 spiro atoms. The number of hydrazine groups is 1. The van der Waals surface area contributed by atoms with E-state index >= 15 is 0 Å². The summed E-state index contributed by atoms with van der Waals surface area (Å²) in [7, 11) is 1.57. The van der Waals surface area contributed by atoms with Crippen molar-refractivity contribution in [3.05, 3.63) is 93.5 Å². The summed E-state index contributed by atoms with van der Waals surface area (Å²) >= 11 is 12.9. The minimum Gasteiger partial charge on any atom is -0.496 e. The van der Waals surface area contributed by atoms with Crippen LogP contribution in [0.3, 0.4) is 0 Å². The number of hydrogen-bond acceptors (Lipinski definition) is 9. The molecule has 10 nitrogen and oxygen atoms in total. The number of halogens is 2. The van der Waals surface area contributed by atoms with Gasteiger partial charge in [0.2, 0.25) is 5.90 Å². The fraction of sp³-hybridized carbons (Fsp3) is 0.382. The van der Waals surface area contributed by atoms with Crippen molar-refractivity contribution in [1.29, 1.82) is 0 Å². The lowest BCUT2D eigenvalue weighted by Gasteiger charge is -2.31. The topological polar surface area (TPSA) is 128 Å². The van der Waals surface area contributed by atoms with Crippen molar-refractivity contribution < 1.29 is 33.6 Å². The highest BCUT2D eigenvalue weighted by Crippen LogP contribution is 2.45. The molecule has 4 rings (SSSR count). The van der Waals surface area contributed by atoms with Crippen molar-refractivity contribution in [1.82, 2.24) is 10.9 Å². The van der Waals surface area contributed by atoms with Crippen LogP contribution in [0.2, 0.25) is 10.0 Å². The van der Waals surface area contributed by atoms with E-state index in [1.54, 1.807) is 70.3 Å². The van der Waals surface area contributed by atoms with Crippen LogP contribution in [0.4, 0.5) is 0 Å². The van der Waals surface area contributed by atoms with Gasteiger partial charge in [-0.2, -0.15) is 0 Å². The molecule has 0 aliphatic carbocycles. The number of benzene rings is 3. The Morgan fingerprint density at radius 2 is 1.80 bits per heavy atom. The van der Waals surface area contributed by atoms with Gasteiger partial charge in [-0.05, 0) is 69.7 Å². The highest BCUT2D eigenvalue weighted by Gasteiger charge is 2.54. The number of ether oxygens (including phenoxy) is 4.